The van der Waals surface area contributed by atoms with Crippen LogP contribution < -0.4 is 0 Å². The molecule has 0 radical (unpaired) electrons. The van der Waals surface area contributed by atoms with Crippen LogP contribution in [0.25, 0.3) is 0 Å². The number of aliphatic hydroxyl groups excluding tert-OH is 1. The molecule has 0 aliphatic rings. The summed E-state index contributed by atoms with van der Waals surface area (Å²) in [6.45, 7) is 2.04. The van der Waals surface area contributed by atoms with Gasteiger partial charge < -0.3 is 13.1 Å². The second-order valence-corrected chi connectivity index (χ2v) is 6.24. The van der Waals surface area contributed by atoms with Crippen molar-refractivity contribution in [1.29, 1.82) is 0 Å². The molecule has 0 rings (SSSR count). The van der Waals surface area contributed by atoms with Crippen molar-refractivity contribution in [2.75, 3.05) is 0 Å². The molecule has 22 heavy (non-hydrogen) atoms. The van der Waals surface area contributed by atoms with Crippen molar-refractivity contribution in [2.45, 2.75) is 109 Å². The van der Waals surface area contributed by atoms with Crippen LogP contribution in [0.4, 0.5) is 0 Å². The number of carboxylic acids is 1. The summed E-state index contributed by atoms with van der Waals surface area (Å²) < 4.78 is 0. The fraction of sp³-hybridized carbons (Fsp3) is 0.944. The Balaban J connectivity index is -0.000000667. The Morgan fingerprint density at radius 3 is 1.55 bits per heavy atom. The molecule has 1 unspecified atom stereocenters. The smallest absolute Gasteiger partial charge is 1.00 e. The number of unbranched alkanes of at least 4 members (excludes halogenated alkanes) is 11. The van der Waals surface area contributed by atoms with Crippen LogP contribution in [-0.4, -0.2) is 60.0 Å². The number of carboxylic acid groups (broad SMARTS) is 1. The minimum absolute atomic E-state index is 0. The Morgan fingerprint density at radius 2 is 1.18 bits per heavy atom. The van der Waals surface area contributed by atoms with Crippen LogP contribution in [0.3, 0.4) is 0 Å². The molecule has 0 aliphatic carbocycles. The van der Waals surface area contributed by atoms with Crippen LogP contribution >= 0.6 is 0 Å². The van der Waals surface area contributed by atoms with E-state index in [0.717, 1.165) is 25.7 Å². The van der Waals surface area contributed by atoms with Gasteiger partial charge in [-0.25, -0.2) is 0 Å². The molecule has 1 atom stereocenters. The third kappa shape index (κ3) is 20.7. The van der Waals surface area contributed by atoms with Gasteiger partial charge in [0.2, 0.25) is 0 Å². The molecule has 0 heterocycles. The largest absolute Gasteiger partial charge is 2.00 e. The molecule has 0 aromatic carbocycles. The maximum Gasteiger partial charge on any atom is 2.00 e. The molecule has 0 aromatic rings. The van der Waals surface area contributed by atoms with E-state index in [0.29, 0.717) is 6.42 Å². The van der Waals surface area contributed by atoms with Crippen molar-refractivity contribution in [2.24, 2.45) is 0 Å². The van der Waals surface area contributed by atoms with Crippen LogP contribution in [0.1, 0.15) is 106 Å². The number of hydrogen-bond donors (Lipinski definition) is 2. The van der Waals surface area contributed by atoms with E-state index in [1.165, 1.54) is 64.2 Å². The van der Waals surface area contributed by atoms with Crippen molar-refractivity contribution in [3.05, 3.63) is 0 Å². The first-order valence-electron chi connectivity index (χ1n) is 9.06. The van der Waals surface area contributed by atoms with E-state index in [4.69, 9.17) is 5.11 Å². The monoisotopic (exact) mass is 342 g/mol. The van der Waals surface area contributed by atoms with Gasteiger partial charge >= 0.3 is 43.7 Å². The van der Waals surface area contributed by atoms with E-state index in [9.17, 15) is 9.90 Å². The number of carbonyl (C=O) groups is 1. The zero-order chi connectivity index (χ0) is 15.8. The van der Waals surface area contributed by atoms with Gasteiger partial charge in [0, 0.05) is 6.42 Å². The molecule has 0 fully saturated rings. The molecule has 0 spiro atoms. The van der Waals surface area contributed by atoms with Gasteiger partial charge in [-0.15, -0.1) is 0 Å². The van der Waals surface area contributed by atoms with Gasteiger partial charge in [0.15, 0.2) is 0 Å². The zero-order valence-electron chi connectivity index (χ0n) is 16.7. The van der Waals surface area contributed by atoms with Gasteiger partial charge in [0.05, 0.1) is 6.10 Å². The van der Waals surface area contributed by atoms with Crippen LogP contribution in [0.15, 0.2) is 0 Å². The van der Waals surface area contributed by atoms with Gasteiger partial charge in [-0.05, 0) is 19.3 Å². The molecular weight excluding hydrogens is 304 g/mol. The van der Waals surface area contributed by atoms with Crippen molar-refractivity contribution >= 4 is 43.7 Å². The molecule has 130 valence electrons. The van der Waals surface area contributed by atoms with Crippen molar-refractivity contribution in [3.63, 3.8) is 0 Å². The SMILES string of the molecule is CCC(O)CCCCCCCCCCCCCCC(=O)O.[Ca+2].[H-].[H-]. The molecule has 2 N–H and O–H groups in total. The molecule has 0 bridgehead atoms. The Morgan fingerprint density at radius 1 is 0.818 bits per heavy atom. The van der Waals surface area contributed by atoms with Gasteiger partial charge in [0.1, 0.15) is 0 Å². The summed E-state index contributed by atoms with van der Waals surface area (Å²) in [5, 5.41) is 18.0. The zero-order valence-corrected chi connectivity index (χ0v) is 16.9. The summed E-state index contributed by atoms with van der Waals surface area (Å²) in [6.07, 6.45) is 16.8. The summed E-state index contributed by atoms with van der Waals surface area (Å²) in [6, 6.07) is 0. The number of aliphatic carboxylic acids is 1. The number of aliphatic hydroxyl groups is 1. The Bertz CT molecular complexity index is 244. The van der Waals surface area contributed by atoms with Gasteiger partial charge in [-0.2, -0.15) is 0 Å². The maximum atomic E-state index is 10.3. The van der Waals surface area contributed by atoms with E-state index < -0.39 is 5.97 Å². The van der Waals surface area contributed by atoms with Crippen molar-refractivity contribution in [3.8, 4) is 0 Å². The first kappa shape index (κ1) is 24.9. The van der Waals surface area contributed by atoms with Gasteiger partial charge in [-0.3, -0.25) is 4.79 Å². The fourth-order valence-corrected chi connectivity index (χ4v) is 2.63. The quantitative estimate of drug-likeness (QED) is 0.301. The molecule has 0 saturated carbocycles. The van der Waals surface area contributed by atoms with Crippen LogP contribution in [-0.2, 0) is 4.79 Å². The summed E-state index contributed by atoms with van der Waals surface area (Å²) >= 11 is 0. The molecule has 3 nitrogen and oxygen atoms in total. The summed E-state index contributed by atoms with van der Waals surface area (Å²) in [5.41, 5.74) is 0. The van der Waals surface area contributed by atoms with E-state index in [1.807, 2.05) is 6.92 Å². The number of rotatable bonds is 16. The van der Waals surface area contributed by atoms with Crippen LogP contribution in [0, 0.1) is 0 Å². The number of hydrogen-bond acceptors (Lipinski definition) is 2. The molecular formula is C18H38CaO3. The second-order valence-electron chi connectivity index (χ2n) is 6.24. The molecule has 0 aliphatic heterocycles. The minimum Gasteiger partial charge on any atom is -1.00 e. The normalized spacial score (nSPS) is 11.9. The van der Waals surface area contributed by atoms with Crippen LogP contribution in [0.2, 0.25) is 0 Å². The van der Waals surface area contributed by atoms with Crippen molar-refractivity contribution in [1.82, 2.24) is 0 Å². The summed E-state index contributed by atoms with van der Waals surface area (Å²) in [5.74, 6) is -0.667. The molecule has 0 amide bonds. The second kappa shape index (κ2) is 19.7. The Hall–Kier alpha value is 0.690. The van der Waals surface area contributed by atoms with E-state index in [1.54, 1.807) is 0 Å². The molecule has 0 aromatic heterocycles. The Kier molecular flexibility index (Phi) is 22.4. The predicted molar refractivity (Wildman–Crippen MR) is 96.5 cm³/mol. The molecule has 4 heteroatoms. The average Bonchev–Trinajstić information content (AvgIpc) is 2.46. The standard InChI is InChI=1S/C18H36O3.Ca.2H/c1-2-17(19)15-13-11-9-7-5-3-4-6-8-10-12-14-16-18(20)21;;;/h17,19H,2-16H2,1H3,(H,20,21);;;/q;+2;2*-1. The minimum atomic E-state index is -0.667. The van der Waals surface area contributed by atoms with E-state index in [-0.39, 0.29) is 46.7 Å². The van der Waals surface area contributed by atoms with Crippen LogP contribution in [0.5, 0.6) is 0 Å². The third-order valence-corrected chi connectivity index (χ3v) is 4.15. The van der Waals surface area contributed by atoms with E-state index in [2.05, 4.69) is 0 Å². The van der Waals surface area contributed by atoms with Gasteiger partial charge in [0.25, 0.3) is 0 Å². The van der Waals surface area contributed by atoms with Crippen molar-refractivity contribution < 1.29 is 17.9 Å². The fourth-order valence-electron chi connectivity index (χ4n) is 2.63. The topological polar surface area (TPSA) is 57.5 Å². The van der Waals surface area contributed by atoms with E-state index >= 15 is 0 Å². The summed E-state index contributed by atoms with van der Waals surface area (Å²) in [7, 11) is 0. The average molecular weight is 343 g/mol. The summed E-state index contributed by atoms with van der Waals surface area (Å²) in [4.78, 5) is 10.3. The third-order valence-electron chi connectivity index (χ3n) is 4.15. The Labute approximate surface area is 170 Å². The predicted octanol–water partition coefficient (Wildman–Crippen LogP) is 5.15. The first-order chi connectivity index (χ1) is 10.2. The van der Waals surface area contributed by atoms with Gasteiger partial charge in [-0.1, -0.05) is 77.6 Å². The maximum absolute atomic E-state index is 10.3. The molecule has 0 saturated heterocycles. The first-order valence-corrected chi connectivity index (χ1v) is 9.06.